The maximum atomic E-state index is 12.9. The van der Waals surface area contributed by atoms with Crippen LogP contribution in [0.2, 0.25) is 0 Å². The highest BCUT2D eigenvalue weighted by molar-refractivity contribution is 7.92. The van der Waals surface area contributed by atoms with Crippen molar-refractivity contribution in [2.75, 3.05) is 11.3 Å². The van der Waals surface area contributed by atoms with Crippen molar-refractivity contribution in [3.05, 3.63) is 80.9 Å². The predicted molar refractivity (Wildman–Crippen MR) is 117 cm³/mol. The van der Waals surface area contributed by atoms with E-state index in [-0.39, 0.29) is 22.1 Å². The van der Waals surface area contributed by atoms with Crippen LogP contribution >= 0.6 is 11.3 Å². The molecule has 0 unspecified atom stereocenters. The number of para-hydroxylation sites is 1. The van der Waals surface area contributed by atoms with Crippen molar-refractivity contribution in [2.24, 2.45) is 0 Å². The number of hydrogen-bond acceptors (Lipinski definition) is 5. The first-order valence-electron chi connectivity index (χ1n) is 9.07. The Kier molecular flexibility index (Phi) is 5.42. The van der Waals surface area contributed by atoms with Gasteiger partial charge in [-0.25, -0.2) is 13.2 Å². The fourth-order valence-electron chi connectivity index (χ4n) is 3.00. The van der Waals surface area contributed by atoms with Gasteiger partial charge in [-0.15, -0.1) is 11.3 Å². The van der Waals surface area contributed by atoms with Gasteiger partial charge in [0.25, 0.3) is 15.9 Å². The minimum atomic E-state index is -3.97. The molecular formula is C20H18N4O4S2. The number of benzene rings is 2. The number of aromatic nitrogens is 2. The van der Waals surface area contributed by atoms with Gasteiger partial charge in [-0.3, -0.25) is 9.52 Å². The summed E-state index contributed by atoms with van der Waals surface area (Å²) in [5, 5.41) is 4.79. The summed E-state index contributed by atoms with van der Waals surface area (Å²) in [6.07, 6.45) is 0.701. The molecule has 0 saturated heterocycles. The van der Waals surface area contributed by atoms with Crippen molar-refractivity contribution < 1.29 is 13.2 Å². The van der Waals surface area contributed by atoms with Gasteiger partial charge in [-0.1, -0.05) is 18.2 Å². The molecule has 2 aromatic heterocycles. The predicted octanol–water partition coefficient (Wildman–Crippen LogP) is 2.69. The lowest BCUT2D eigenvalue weighted by Gasteiger charge is -2.13. The highest BCUT2D eigenvalue weighted by atomic mass is 32.2. The van der Waals surface area contributed by atoms with E-state index < -0.39 is 15.7 Å². The molecule has 0 aliphatic heterocycles. The molecule has 0 atom stereocenters. The highest BCUT2D eigenvalue weighted by Gasteiger charge is 2.19. The van der Waals surface area contributed by atoms with Crippen molar-refractivity contribution in [1.29, 1.82) is 0 Å². The minimum absolute atomic E-state index is 0.0295. The average molecular weight is 443 g/mol. The molecule has 0 fully saturated rings. The van der Waals surface area contributed by atoms with Crippen LogP contribution in [-0.4, -0.2) is 30.8 Å². The lowest BCUT2D eigenvalue weighted by Crippen LogP contribution is -2.27. The molecule has 2 aromatic carbocycles. The molecule has 4 N–H and O–H groups in total. The molecule has 0 saturated carbocycles. The van der Waals surface area contributed by atoms with Gasteiger partial charge in [-0.2, -0.15) is 0 Å². The van der Waals surface area contributed by atoms with Gasteiger partial charge in [0.15, 0.2) is 0 Å². The molecule has 0 aliphatic carbocycles. The van der Waals surface area contributed by atoms with Crippen molar-refractivity contribution in [3.63, 3.8) is 0 Å². The number of hydrogen-bond donors (Lipinski definition) is 4. The third-order valence-electron chi connectivity index (χ3n) is 4.45. The van der Waals surface area contributed by atoms with Crippen LogP contribution in [0.5, 0.6) is 0 Å². The number of fused-ring (bicyclic) bond motifs is 1. The van der Waals surface area contributed by atoms with Crippen molar-refractivity contribution in [3.8, 4) is 0 Å². The van der Waals surface area contributed by atoms with Crippen LogP contribution in [0.15, 0.2) is 69.7 Å². The van der Waals surface area contributed by atoms with E-state index in [9.17, 15) is 18.0 Å². The Bertz CT molecular complexity index is 1350. The fourth-order valence-corrected chi connectivity index (χ4v) is 4.82. The van der Waals surface area contributed by atoms with Crippen molar-refractivity contribution in [2.45, 2.75) is 11.3 Å². The summed E-state index contributed by atoms with van der Waals surface area (Å²) >= 11 is 1.61. The first kappa shape index (κ1) is 19.9. The van der Waals surface area contributed by atoms with Crippen molar-refractivity contribution >= 4 is 44.0 Å². The van der Waals surface area contributed by atoms with Gasteiger partial charge in [0.1, 0.15) is 0 Å². The zero-order valence-corrected chi connectivity index (χ0v) is 17.3. The summed E-state index contributed by atoms with van der Waals surface area (Å²) in [5.74, 6) is -0.365. The average Bonchev–Trinajstić information content (AvgIpc) is 3.35. The first-order valence-corrected chi connectivity index (χ1v) is 11.4. The second kappa shape index (κ2) is 8.17. The Labute approximate surface area is 176 Å². The van der Waals surface area contributed by atoms with Crippen LogP contribution in [0.25, 0.3) is 11.0 Å². The Balaban J connectivity index is 1.53. The second-order valence-electron chi connectivity index (χ2n) is 6.52. The third-order valence-corrected chi connectivity index (χ3v) is 6.75. The van der Waals surface area contributed by atoms with Crippen LogP contribution in [-0.2, 0) is 16.4 Å². The number of anilines is 1. The SMILES string of the molecule is O=C(NCCc1cccs1)c1ccccc1NS(=O)(=O)c1ccc2[nH]c(=O)[nH]c2c1. The monoisotopic (exact) mass is 442 g/mol. The molecule has 2 heterocycles. The summed E-state index contributed by atoms with van der Waals surface area (Å²) in [6.45, 7) is 0.442. The molecule has 8 nitrogen and oxygen atoms in total. The van der Waals surface area contributed by atoms with Gasteiger partial charge in [0.05, 0.1) is 27.2 Å². The lowest BCUT2D eigenvalue weighted by molar-refractivity contribution is 0.0955. The lowest BCUT2D eigenvalue weighted by atomic mass is 10.1. The summed E-state index contributed by atoms with van der Waals surface area (Å²) in [4.78, 5) is 30.2. The van der Waals surface area contributed by atoms with Gasteiger partial charge in [0.2, 0.25) is 0 Å². The van der Waals surface area contributed by atoms with E-state index in [4.69, 9.17) is 0 Å². The van der Waals surface area contributed by atoms with E-state index in [1.807, 2.05) is 17.5 Å². The Morgan fingerprint density at radius 1 is 1.00 bits per heavy atom. The van der Waals surface area contributed by atoms with Crippen molar-refractivity contribution in [1.82, 2.24) is 15.3 Å². The summed E-state index contributed by atoms with van der Waals surface area (Å²) in [6, 6.07) is 14.6. The maximum Gasteiger partial charge on any atom is 0.323 e. The third kappa shape index (κ3) is 4.29. The number of aromatic amines is 2. The zero-order valence-electron chi connectivity index (χ0n) is 15.6. The number of amides is 1. The summed E-state index contributed by atoms with van der Waals surface area (Å²) in [5.41, 5.74) is 0.862. The van der Waals surface area contributed by atoms with E-state index in [0.717, 1.165) is 4.88 Å². The number of thiophene rings is 1. The highest BCUT2D eigenvalue weighted by Crippen LogP contribution is 2.22. The van der Waals surface area contributed by atoms with Crippen LogP contribution in [0.3, 0.4) is 0 Å². The second-order valence-corrected chi connectivity index (χ2v) is 9.24. The largest absolute Gasteiger partial charge is 0.352 e. The molecule has 0 radical (unpaired) electrons. The maximum absolute atomic E-state index is 12.9. The van der Waals surface area contributed by atoms with E-state index in [2.05, 4.69) is 20.0 Å². The van der Waals surface area contributed by atoms with Gasteiger partial charge in [0, 0.05) is 11.4 Å². The number of rotatable bonds is 7. The number of H-pyrrole nitrogens is 2. The summed E-state index contributed by atoms with van der Waals surface area (Å²) < 4.78 is 28.2. The molecule has 154 valence electrons. The molecule has 4 rings (SSSR count). The topological polar surface area (TPSA) is 124 Å². The number of sulfonamides is 1. The molecule has 0 aliphatic rings. The quantitative estimate of drug-likeness (QED) is 0.351. The Morgan fingerprint density at radius 3 is 2.60 bits per heavy atom. The smallest absolute Gasteiger partial charge is 0.323 e. The zero-order chi connectivity index (χ0) is 21.1. The van der Waals surface area contributed by atoms with E-state index >= 15 is 0 Å². The minimum Gasteiger partial charge on any atom is -0.352 e. The van der Waals surface area contributed by atoms with Crippen LogP contribution in [0.4, 0.5) is 5.69 Å². The number of nitrogens with one attached hydrogen (secondary N) is 4. The number of carbonyl (C=O) groups excluding carboxylic acids is 1. The summed E-state index contributed by atoms with van der Waals surface area (Å²) in [7, 11) is -3.97. The fraction of sp³-hybridized carbons (Fsp3) is 0.100. The van der Waals surface area contributed by atoms with E-state index in [1.165, 1.54) is 24.3 Å². The van der Waals surface area contributed by atoms with Crippen LogP contribution in [0.1, 0.15) is 15.2 Å². The van der Waals surface area contributed by atoms with E-state index in [1.54, 1.807) is 29.5 Å². The number of imidazole rings is 1. The Morgan fingerprint density at radius 2 is 1.80 bits per heavy atom. The van der Waals surface area contributed by atoms with Gasteiger partial charge in [-0.05, 0) is 48.2 Å². The molecule has 10 heteroatoms. The molecule has 0 spiro atoms. The van der Waals surface area contributed by atoms with E-state index in [0.29, 0.717) is 24.0 Å². The standard InChI is InChI=1S/C20H18N4O4S2/c25-19(21-10-9-13-4-3-11-29-13)15-5-1-2-6-16(15)24-30(27,28)14-7-8-17-18(12-14)23-20(26)22-17/h1-8,11-12,24H,9-10H2,(H,21,25)(H2,22,23,26). The van der Waals surface area contributed by atoms with Gasteiger partial charge < -0.3 is 15.3 Å². The normalized spacial score (nSPS) is 11.5. The molecule has 1 amide bonds. The molecule has 4 aromatic rings. The molecular weight excluding hydrogens is 424 g/mol. The first-order chi connectivity index (χ1) is 14.4. The Hall–Kier alpha value is -3.37. The molecule has 0 bridgehead atoms. The van der Waals surface area contributed by atoms with Gasteiger partial charge >= 0.3 is 5.69 Å². The van der Waals surface area contributed by atoms with Crippen LogP contribution < -0.4 is 15.7 Å². The number of carbonyl (C=O) groups is 1. The van der Waals surface area contributed by atoms with Crippen LogP contribution in [0, 0.1) is 0 Å². The molecule has 30 heavy (non-hydrogen) atoms.